The SMILES string of the molecule is O=C(c1cccs1)N1CCC[C@H]2CCCC[C@H]21. The van der Waals surface area contributed by atoms with Gasteiger partial charge in [0.05, 0.1) is 4.88 Å². The van der Waals surface area contributed by atoms with Crippen molar-refractivity contribution in [3.8, 4) is 0 Å². The van der Waals surface area contributed by atoms with Gasteiger partial charge in [0.1, 0.15) is 0 Å². The van der Waals surface area contributed by atoms with Crippen LogP contribution >= 0.6 is 11.3 Å². The van der Waals surface area contributed by atoms with Gasteiger partial charge in [0, 0.05) is 12.6 Å². The first-order chi connectivity index (χ1) is 8.36. The van der Waals surface area contributed by atoms with Gasteiger partial charge in [-0.3, -0.25) is 4.79 Å². The van der Waals surface area contributed by atoms with E-state index in [0.29, 0.717) is 6.04 Å². The molecule has 0 N–H and O–H groups in total. The average Bonchev–Trinajstić information content (AvgIpc) is 2.91. The van der Waals surface area contributed by atoms with Crippen LogP contribution in [0.5, 0.6) is 0 Å². The van der Waals surface area contributed by atoms with Crippen molar-refractivity contribution in [3.05, 3.63) is 22.4 Å². The number of thiophene rings is 1. The Morgan fingerprint density at radius 1 is 1.24 bits per heavy atom. The van der Waals surface area contributed by atoms with E-state index in [1.807, 2.05) is 17.5 Å². The molecule has 2 nitrogen and oxygen atoms in total. The number of piperidine rings is 1. The molecule has 2 fully saturated rings. The third-order valence-electron chi connectivity index (χ3n) is 4.24. The Morgan fingerprint density at radius 3 is 2.88 bits per heavy atom. The monoisotopic (exact) mass is 249 g/mol. The number of likely N-dealkylation sites (tertiary alicyclic amines) is 1. The van der Waals surface area contributed by atoms with Gasteiger partial charge in [-0.1, -0.05) is 18.9 Å². The molecular formula is C14H19NOS. The summed E-state index contributed by atoms with van der Waals surface area (Å²) in [4.78, 5) is 15.5. The van der Waals surface area contributed by atoms with Crippen molar-refractivity contribution in [3.63, 3.8) is 0 Å². The molecule has 2 aliphatic rings. The Morgan fingerprint density at radius 2 is 2.06 bits per heavy atom. The van der Waals surface area contributed by atoms with Gasteiger partial charge in [-0.15, -0.1) is 11.3 Å². The van der Waals surface area contributed by atoms with Crippen molar-refractivity contribution in [1.29, 1.82) is 0 Å². The summed E-state index contributed by atoms with van der Waals surface area (Å²) in [7, 11) is 0. The van der Waals surface area contributed by atoms with Gasteiger partial charge in [-0.05, 0) is 43.0 Å². The van der Waals surface area contributed by atoms with Gasteiger partial charge >= 0.3 is 0 Å². The average molecular weight is 249 g/mol. The second-order valence-corrected chi connectivity index (χ2v) is 6.18. The Labute approximate surface area is 107 Å². The van der Waals surface area contributed by atoms with Crippen LogP contribution in [-0.2, 0) is 0 Å². The van der Waals surface area contributed by atoms with E-state index in [-0.39, 0.29) is 5.91 Å². The quantitative estimate of drug-likeness (QED) is 0.745. The van der Waals surface area contributed by atoms with Crippen LogP contribution < -0.4 is 0 Å². The van der Waals surface area contributed by atoms with E-state index < -0.39 is 0 Å². The van der Waals surface area contributed by atoms with Crippen LogP contribution in [0.25, 0.3) is 0 Å². The second kappa shape index (κ2) is 4.81. The summed E-state index contributed by atoms with van der Waals surface area (Å²) in [5.41, 5.74) is 0. The lowest BCUT2D eigenvalue weighted by atomic mass is 9.78. The summed E-state index contributed by atoms with van der Waals surface area (Å²) in [6.07, 6.45) is 7.75. The van der Waals surface area contributed by atoms with Crippen LogP contribution in [0.4, 0.5) is 0 Å². The molecule has 1 aromatic heterocycles. The number of carbonyl (C=O) groups is 1. The van der Waals surface area contributed by atoms with Gasteiger partial charge in [-0.25, -0.2) is 0 Å². The number of rotatable bonds is 1. The van der Waals surface area contributed by atoms with Crippen LogP contribution in [-0.4, -0.2) is 23.4 Å². The Hall–Kier alpha value is -0.830. The number of amides is 1. The van der Waals surface area contributed by atoms with E-state index in [4.69, 9.17) is 0 Å². The molecular weight excluding hydrogens is 230 g/mol. The predicted molar refractivity (Wildman–Crippen MR) is 70.3 cm³/mol. The van der Waals surface area contributed by atoms with E-state index in [1.54, 1.807) is 11.3 Å². The maximum Gasteiger partial charge on any atom is 0.264 e. The minimum absolute atomic E-state index is 0.275. The van der Waals surface area contributed by atoms with Gasteiger partial charge in [0.2, 0.25) is 0 Å². The minimum atomic E-state index is 0.275. The molecule has 1 aromatic rings. The molecule has 0 radical (unpaired) electrons. The molecule has 1 amide bonds. The topological polar surface area (TPSA) is 20.3 Å². The predicted octanol–water partition coefficient (Wildman–Crippen LogP) is 3.54. The Balaban J connectivity index is 1.79. The van der Waals surface area contributed by atoms with Gasteiger partial charge in [-0.2, -0.15) is 0 Å². The molecule has 1 aliphatic carbocycles. The number of hydrogen-bond donors (Lipinski definition) is 0. The third kappa shape index (κ3) is 2.13. The molecule has 92 valence electrons. The molecule has 0 unspecified atom stereocenters. The fourth-order valence-electron chi connectivity index (χ4n) is 3.42. The fraction of sp³-hybridized carbons (Fsp3) is 0.643. The molecule has 3 rings (SSSR count). The van der Waals surface area contributed by atoms with Crippen LogP contribution in [0.2, 0.25) is 0 Å². The summed E-state index contributed by atoms with van der Waals surface area (Å²) in [6.45, 7) is 0.970. The molecule has 2 atom stereocenters. The van der Waals surface area contributed by atoms with Crippen molar-refractivity contribution < 1.29 is 4.79 Å². The fourth-order valence-corrected chi connectivity index (χ4v) is 4.10. The highest BCUT2D eigenvalue weighted by atomic mass is 32.1. The molecule has 1 aliphatic heterocycles. The van der Waals surface area contributed by atoms with Crippen molar-refractivity contribution >= 4 is 17.2 Å². The Kier molecular flexibility index (Phi) is 3.19. The largest absolute Gasteiger partial charge is 0.335 e. The normalized spacial score (nSPS) is 28.8. The zero-order chi connectivity index (χ0) is 11.7. The van der Waals surface area contributed by atoms with E-state index >= 15 is 0 Å². The van der Waals surface area contributed by atoms with Crippen molar-refractivity contribution in [1.82, 2.24) is 4.90 Å². The molecule has 3 heteroatoms. The number of carbonyl (C=O) groups excluding carboxylic acids is 1. The number of nitrogens with zero attached hydrogens (tertiary/aromatic N) is 1. The van der Waals surface area contributed by atoms with E-state index in [1.165, 1.54) is 38.5 Å². The van der Waals surface area contributed by atoms with Crippen LogP contribution in [0, 0.1) is 5.92 Å². The lowest BCUT2D eigenvalue weighted by Crippen LogP contribution is -2.49. The van der Waals surface area contributed by atoms with Crippen molar-refractivity contribution in [2.45, 2.75) is 44.6 Å². The first-order valence-corrected chi connectivity index (χ1v) is 7.59. The molecule has 17 heavy (non-hydrogen) atoms. The van der Waals surface area contributed by atoms with Gasteiger partial charge < -0.3 is 4.90 Å². The summed E-state index contributed by atoms with van der Waals surface area (Å²) in [5.74, 6) is 1.05. The molecule has 2 heterocycles. The third-order valence-corrected chi connectivity index (χ3v) is 5.09. The van der Waals surface area contributed by atoms with Crippen LogP contribution in [0.15, 0.2) is 17.5 Å². The van der Waals surface area contributed by atoms with Crippen molar-refractivity contribution in [2.75, 3.05) is 6.54 Å². The second-order valence-electron chi connectivity index (χ2n) is 5.23. The highest BCUT2D eigenvalue weighted by molar-refractivity contribution is 7.12. The zero-order valence-corrected chi connectivity index (χ0v) is 10.9. The van der Waals surface area contributed by atoms with E-state index in [2.05, 4.69) is 4.90 Å². The van der Waals surface area contributed by atoms with E-state index in [9.17, 15) is 4.79 Å². The first-order valence-electron chi connectivity index (χ1n) is 6.71. The summed E-state index contributed by atoms with van der Waals surface area (Å²) >= 11 is 1.57. The Bertz CT molecular complexity index is 385. The molecule has 0 bridgehead atoms. The van der Waals surface area contributed by atoms with Crippen LogP contribution in [0.1, 0.15) is 48.2 Å². The highest BCUT2D eigenvalue weighted by Gasteiger charge is 2.36. The first kappa shape index (κ1) is 11.3. The van der Waals surface area contributed by atoms with Crippen molar-refractivity contribution in [2.24, 2.45) is 5.92 Å². The van der Waals surface area contributed by atoms with Gasteiger partial charge in [0.25, 0.3) is 5.91 Å². The maximum atomic E-state index is 12.5. The lowest BCUT2D eigenvalue weighted by molar-refractivity contribution is 0.0395. The van der Waals surface area contributed by atoms with Gasteiger partial charge in [0.15, 0.2) is 0 Å². The summed E-state index contributed by atoms with van der Waals surface area (Å²) in [5, 5.41) is 2.00. The zero-order valence-electron chi connectivity index (χ0n) is 10.1. The number of hydrogen-bond acceptors (Lipinski definition) is 2. The highest BCUT2D eigenvalue weighted by Crippen LogP contribution is 2.36. The smallest absolute Gasteiger partial charge is 0.264 e. The molecule has 0 aromatic carbocycles. The molecule has 1 saturated carbocycles. The molecule has 0 spiro atoms. The van der Waals surface area contributed by atoms with E-state index in [0.717, 1.165) is 17.3 Å². The number of fused-ring (bicyclic) bond motifs is 1. The minimum Gasteiger partial charge on any atom is -0.335 e. The standard InChI is InChI=1S/C14H19NOS/c16-14(13-8-4-10-17-13)15-9-3-6-11-5-1-2-7-12(11)15/h4,8,10-12H,1-3,5-7,9H2/t11-,12-/m1/s1. The summed E-state index contributed by atoms with van der Waals surface area (Å²) in [6, 6.07) is 4.46. The maximum absolute atomic E-state index is 12.5. The lowest BCUT2D eigenvalue weighted by Gasteiger charge is -2.44. The van der Waals surface area contributed by atoms with Crippen LogP contribution in [0.3, 0.4) is 0 Å². The summed E-state index contributed by atoms with van der Waals surface area (Å²) < 4.78 is 0. The molecule has 1 saturated heterocycles.